The number of nitrogens with zero attached hydrogens (tertiary/aromatic N) is 3. The van der Waals surface area contributed by atoms with E-state index in [1.54, 1.807) is 12.1 Å². The van der Waals surface area contributed by atoms with E-state index >= 15 is 0 Å². The van der Waals surface area contributed by atoms with Gasteiger partial charge in [0.25, 0.3) is 5.91 Å². The number of carboxylic acids is 2. The van der Waals surface area contributed by atoms with E-state index in [0.29, 0.717) is 19.3 Å². The zero-order valence-corrected chi connectivity index (χ0v) is 23.3. The second kappa shape index (κ2) is 14.7. The molecular formula is C28H41N5O7. The lowest BCUT2D eigenvalue weighted by atomic mass is 9.84. The number of likely N-dealkylation sites (tertiary alicyclic amines) is 1. The minimum Gasteiger partial charge on any atom is -0.480 e. The van der Waals surface area contributed by atoms with Gasteiger partial charge in [0.1, 0.15) is 18.1 Å². The van der Waals surface area contributed by atoms with Crippen LogP contribution < -0.4 is 10.6 Å². The van der Waals surface area contributed by atoms with Gasteiger partial charge in [-0.05, 0) is 83.6 Å². The van der Waals surface area contributed by atoms with E-state index in [2.05, 4.69) is 15.6 Å². The van der Waals surface area contributed by atoms with Gasteiger partial charge in [0, 0.05) is 24.9 Å². The lowest BCUT2D eigenvalue weighted by molar-refractivity contribution is -0.150. The molecule has 3 amide bonds. The highest BCUT2D eigenvalue weighted by Gasteiger charge is 2.47. The zero-order valence-electron chi connectivity index (χ0n) is 23.3. The molecule has 0 radical (unpaired) electrons. The van der Waals surface area contributed by atoms with Gasteiger partial charge >= 0.3 is 11.9 Å². The molecule has 12 nitrogen and oxygen atoms in total. The fraction of sp³-hybridized carbons (Fsp3) is 0.643. The number of unbranched alkanes of at least 4 members (excludes halogenated alkanes) is 1. The number of pyridine rings is 1. The van der Waals surface area contributed by atoms with E-state index in [-0.39, 0.29) is 30.4 Å². The summed E-state index contributed by atoms with van der Waals surface area (Å²) in [6.07, 6.45) is 8.17. The molecule has 2 aliphatic rings. The molecule has 12 heteroatoms. The molecule has 2 fully saturated rings. The number of hydrogen-bond donors (Lipinski definition) is 4. The Morgan fingerprint density at radius 1 is 1.05 bits per heavy atom. The van der Waals surface area contributed by atoms with Gasteiger partial charge in [-0.25, -0.2) is 9.59 Å². The standard InChI is InChI=1S/C28H41N5O7/c1-32(2)15-6-5-10-20(30-25(35)19-9-7-14-29-17-19)26(36)31-21(27(37)38)12-13-24(34)33-22-11-4-3-8-18(22)16-23(33)28(39)40/h7,9,14,17-18,20-23H,3-6,8,10-13,15-16H2,1-2H3,(H,30,35)(H,31,36)(H,37,38)(H,39,40)/t18-,20-,21+,22-,23-/m0/s1. The first-order valence-corrected chi connectivity index (χ1v) is 14.0. The van der Waals surface area contributed by atoms with Crippen LogP contribution in [0, 0.1) is 5.92 Å². The molecule has 0 unspecified atom stereocenters. The Morgan fingerprint density at radius 2 is 1.80 bits per heavy atom. The fourth-order valence-corrected chi connectivity index (χ4v) is 5.75. The summed E-state index contributed by atoms with van der Waals surface area (Å²) in [5, 5.41) is 24.7. The van der Waals surface area contributed by atoms with Crippen LogP contribution in [0.2, 0.25) is 0 Å². The predicted molar refractivity (Wildman–Crippen MR) is 145 cm³/mol. The van der Waals surface area contributed by atoms with Gasteiger partial charge in [0.05, 0.1) is 5.56 Å². The lowest BCUT2D eigenvalue weighted by Gasteiger charge is -2.33. The topological polar surface area (TPSA) is 169 Å². The molecule has 0 aromatic carbocycles. The average Bonchev–Trinajstić information content (AvgIpc) is 3.32. The molecule has 1 aromatic heterocycles. The molecule has 1 aliphatic heterocycles. The molecule has 4 N–H and O–H groups in total. The van der Waals surface area contributed by atoms with Crippen LogP contribution in [0.4, 0.5) is 0 Å². The number of nitrogens with one attached hydrogen (secondary N) is 2. The summed E-state index contributed by atoms with van der Waals surface area (Å²) in [6.45, 7) is 0.792. The summed E-state index contributed by atoms with van der Waals surface area (Å²) >= 11 is 0. The molecule has 40 heavy (non-hydrogen) atoms. The Labute approximate surface area is 234 Å². The maximum absolute atomic E-state index is 13.2. The number of carbonyl (C=O) groups is 5. The van der Waals surface area contributed by atoms with Crippen molar-refractivity contribution in [2.24, 2.45) is 5.92 Å². The summed E-state index contributed by atoms with van der Waals surface area (Å²) in [6, 6.07) is -0.241. The third-order valence-electron chi connectivity index (χ3n) is 7.82. The Bertz CT molecular complexity index is 1050. The second-order valence-corrected chi connectivity index (χ2v) is 11.0. The summed E-state index contributed by atoms with van der Waals surface area (Å²) in [4.78, 5) is 70.4. The van der Waals surface area contributed by atoms with Gasteiger partial charge in [-0.1, -0.05) is 12.8 Å². The Balaban J connectivity index is 1.64. The van der Waals surface area contributed by atoms with E-state index in [4.69, 9.17) is 0 Å². The van der Waals surface area contributed by atoms with E-state index in [9.17, 15) is 34.2 Å². The van der Waals surface area contributed by atoms with Crippen molar-refractivity contribution in [1.82, 2.24) is 25.4 Å². The SMILES string of the molecule is CN(C)CCCC[C@H](NC(=O)c1cccnc1)C(=O)N[C@H](CCC(=O)N1[C@H](C(=O)O)C[C@@H]2CCCC[C@@H]21)C(=O)O. The minimum atomic E-state index is -1.37. The molecule has 1 aromatic rings. The number of amides is 3. The van der Waals surface area contributed by atoms with E-state index in [1.807, 2.05) is 19.0 Å². The van der Waals surface area contributed by atoms with Crippen molar-refractivity contribution in [2.45, 2.75) is 88.4 Å². The third-order valence-corrected chi connectivity index (χ3v) is 7.82. The fourth-order valence-electron chi connectivity index (χ4n) is 5.75. The number of rotatable bonds is 14. The van der Waals surface area contributed by atoms with Gasteiger partial charge in [-0.15, -0.1) is 0 Å². The number of aromatic nitrogens is 1. The number of aliphatic carboxylic acids is 2. The van der Waals surface area contributed by atoms with Crippen molar-refractivity contribution in [3.8, 4) is 0 Å². The van der Waals surface area contributed by atoms with Crippen molar-refractivity contribution in [2.75, 3.05) is 20.6 Å². The predicted octanol–water partition coefficient (Wildman–Crippen LogP) is 1.51. The van der Waals surface area contributed by atoms with Crippen molar-refractivity contribution in [3.05, 3.63) is 30.1 Å². The Hall–Kier alpha value is -3.54. The van der Waals surface area contributed by atoms with Crippen LogP contribution in [0.1, 0.15) is 74.6 Å². The molecule has 1 saturated heterocycles. The Morgan fingerprint density at radius 3 is 2.45 bits per heavy atom. The van der Waals surface area contributed by atoms with Crippen LogP contribution in [0.25, 0.3) is 0 Å². The van der Waals surface area contributed by atoms with E-state index in [0.717, 1.165) is 38.6 Å². The quantitative estimate of drug-likeness (QED) is 0.247. The molecule has 2 heterocycles. The summed E-state index contributed by atoms with van der Waals surface area (Å²) < 4.78 is 0. The maximum Gasteiger partial charge on any atom is 0.326 e. The lowest BCUT2D eigenvalue weighted by Crippen LogP contribution is -2.52. The largest absolute Gasteiger partial charge is 0.480 e. The van der Waals surface area contributed by atoms with Gasteiger partial charge < -0.3 is 30.6 Å². The van der Waals surface area contributed by atoms with Gasteiger partial charge in [0.15, 0.2) is 0 Å². The smallest absolute Gasteiger partial charge is 0.326 e. The summed E-state index contributed by atoms with van der Waals surface area (Å²) in [5.41, 5.74) is 0.272. The van der Waals surface area contributed by atoms with Crippen LogP contribution in [-0.2, 0) is 19.2 Å². The van der Waals surface area contributed by atoms with Crippen molar-refractivity contribution < 1.29 is 34.2 Å². The monoisotopic (exact) mass is 559 g/mol. The summed E-state index contributed by atoms with van der Waals surface area (Å²) in [5.74, 6) is -3.78. The first-order chi connectivity index (χ1) is 19.1. The van der Waals surface area contributed by atoms with Gasteiger partial charge in [-0.2, -0.15) is 0 Å². The molecule has 0 spiro atoms. The normalized spacial score (nSPS) is 21.8. The van der Waals surface area contributed by atoms with E-state index in [1.165, 1.54) is 17.3 Å². The number of fused-ring (bicyclic) bond motifs is 1. The van der Waals surface area contributed by atoms with Crippen LogP contribution >= 0.6 is 0 Å². The highest BCUT2D eigenvalue weighted by molar-refractivity contribution is 5.98. The maximum atomic E-state index is 13.2. The minimum absolute atomic E-state index is 0.144. The second-order valence-electron chi connectivity index (χ2n) is 11.0. The molecule has 5 atom stereocenters. The van der Waals surface area contributed by atoms with Gasteiger partial charge in [-0.3, -0.25) is 19.4 Å². The van der Waals surface area contributed by atoms with Crippen LogP contribution in [0.5, 0.6) is 0 Å². The molecule has 0 bridgehead atoms. The molecular weight excluding hydrogens is 518 g/mol. The zero-order chi connectivity index (χ0) is 29.2. The van der Waals surface area contributed by atoms with Crippen LogP contribution in [0.15, 0.2) is 24.5 Å². The van der Waals surface area contributed by atoms with E-state index < -0.39 is 47.8 Å². The molecule has 1 aliphatic carbocycles. The number of carboxylic acid groups (broad SMARTS) is 2. The third kappa shape index (κ3) is 8.48. The number of carbonyl (C=O) groups excluding carboxylic acids is 3. The highest BCUT2D eigenvalue weighted by atomic mass is 16.4. The Kier molecular flexibility index (Phi) is 11.4. The summed E-state index contributed by atoms with van der Waals surface area (Å²) in [7, 11) is 3.87. The first-order valence-electron chi connectivity index (χ1n) is 14.0. The average molecular weight is 560 g/mol. The number of hydrogen-bond acceptors (Lipinski definition) is 7. The van der Waals surface area contributed by atoms with Gasteiger partial charge in [0.2, 0.25) is 11.8 Å². The van der Waals surface area contributed by atoms with Crippen molar-refractivity contribution in [3.63, 3.8) is 0 Å². The highest BCUT2D eigenvalue weighted by Crippen LogP contribution is 2.40. The van der Waals surface area contributed by atoms with Crippen LogP contribution in [-0.4, -0.2) is 99.5 Å². The molecule has 1 saturated carbocycles. The van der Waals surface area contributed by atoms with Crippen molar-refractivity contribution >= 4 is 29.7 Å². The molecule has 3 rings (SSSR count). The van der Waals surface area contributed by atoms with Crippen LogP contribution in [0.3, 0.4) is 0 Å². The van der Waals surface area contributed by atoms with Crippen molar-refractivity contribution in [1.29, 1.82) is 0 Å². The first kappa shape index (κ1) is 31.0. The molecule has 220 valence electrons.